The number of ether oxygens (including phenoxy) is 1. The minimum Gasteiger partial charge on any atom is -0.481 e. The number of benzene rings is 1. The van der Waals surface area contributed by atoms with Crippen LogP contribution in [0.1, 0.15) is 44.0 Å². The van der Waals surface area contributed by atoms with Crippen LogP contribution in [0.4, 0.5) is 4.79 Å². The monoisotopic (exact) mass is 358 g/mol. The number of carboxylic acids is 1. The second-order valence-corrected chi connectivity index (χ2v) is 7.89. The maximum absolute atomic E-state index is 12.5. The molecule has 3 rings (SSSR count). The summed E-state index contributed by atoms with van der Waals surface area (Å²) in [5.74, 6) is -0.807. The summed E-state index contributed by atoms with van der Waals surface area (Å²) in [4.78, 5) is 25.2. The van der Waals surface area contributed by atoms with Crippen molar-refractivity contribution in [1.82, 2.24) is 9.47 Å². The summed E-state index contributed by atoms with van der Waals surface area (Å²) in [7, 11) is 0. The summed E-state index contributed by atoms with van der Waals surface area (Å²) in [5.41, 5.74) is 3.89. The van der Waals surface area contributed by atoms with E-state index in [1.165, 1.54) is 0 Å². The van der Waals surface area contributed by atoms with Gasteiger partial charge in [-0.3, -0.25) is 4.79 Å². The predicted molar refractivity (Wildman–Crippen MR) is 99.3 cm³/mol. The van der Waals surface area contributed by atoms with Crippen LogP contribution in [0.15, 0.2) is 18.2 Å². The molecule has 0 bridgehead atoms. The van der Waals surface area contributed by atoms with Crippen molar-refractivity contribution in [2.75, 3.05) is 6.54 Å². The molecule has 1 aliphatic rings. The van der Waals surface area contributed by atoms with Crippen molar-refractivity contribution in [2.45, 2.75) is 59.2 Å². The Morgan fingerprint density at radius 1 is 1.27 bits per heavy atom. The van der Waals surface area contributed by atoms with Crippen LogP contribution in [0.5, 0.6) is 0 Å². The van der Waals surface area contributed by atoms with Crippen LogP contribution in [0.3, 0.4) is 0 Å². The molecule has 1 N–H and O–H groups in total. The molecule has 2 aromatic rings. The molecule has 0 saturated carbocycles. The lowest BCUT2D eigenvalue weighted by atomic mass is 10.0. The number of fused-ring (bicyclic) bond motifs is 3. The average Bonchev–Trinajstić information content (AvgIpc) is 2.83. The van der Waals surface area contributed by atoms with Gasteiger partial charge in [0.05, 0.1) is 13.0 Å². The van der Waals surface area contributed by atoms with Gasteiger partial charge in [-0.1, -0.05) is 11.6 Å². The van der Waals surface area contributed by atoms with Gasteiger partial charge in [0, 0.05) is 41.7 Å². The molecule has 0 aliphatic carbocycles. The van der Waals surface area contributed by atoms with E-state index in [-0.39, 0.29) is 12.5 Å². The Kier molecular flexibility index (Phi) is 4.69. The van der Waals surface area contributed by atoms with E-state index in [1.54, 1.807) is 4.90 Å². The largest absolute Gasteiger partial charge is 0.481 e. The Morgan fingerprint density at radius 3 is 2.65 bits per heavy atom. The van der Waals surface area contributed by atoms with E-state index in [1.807, 2.05) is 39.8 Å². The summed E-state index contributed by atoms with van der Waals surface area (Å²) < 4.78 is 7.62. The van der Waals surface area contributed by atoms with Gasteiger partial charge in [-0.2, -0.15) is 0 Å². The van der Waals surface area contributed by atoms with Crippen LogP contribution in [0, 0.1) is 6.92 Å². The number of carbonyl (C=O) groups is 2. The lowest BCUT2D eigenvalue weighted by molar-refractivity contribution is -0.137. The number of carboxylic acid groups (broad SMARTS) is 1. The van der Waals surface area contributed by atoms with Crippen LogP contribution < -0.4 is 0 Å². The molecule has 0 radical (unpaired) electrons. The van der Waals surface area contributed by atoms with E-state index in [4.69, 9.17) is 9.84 Å². The SMILES string of the molecule is Cc1ccc2c(c1)c1c(n2CCC(=O)O)CCN(C(=O)OC(C)(C)C)C1. The highest BCUT2D eigenvalue weighted by atomic mass is 16.6. The van der Waals surface area contributed by atoms with Crippen LogP contribution in [0.25, 0.3) is 10.9 Å². The van der Waals surface area contributed by atoms with Gasteiger partial charge >= 0.3 is 12.1 Å². The normalized spacial score (nSPS) is 14.4. The van der Waals surface area contributed by atoms with Gasteiger partial charge in [0.15, 0.2) is 0 Å². The summed E-state index contributed by atoms with van der Waals surface area (Å²) in [6.45, 7) is 9.13. The number of aryl methyl sites for hydroxylation is 2. The van der Waals surface area contributed by atoms with Crippen molar-refractivity contribution in [3.63, 3.8) is 0 Å². The molecule has 1 amide bonds. The first-order chi connectivity index (χ1) is 12.2. The summed E-state index contributed by atoms with van der Waals surface area (Å²) >= 11 is 0. The standard InChI is InChI=1S/C20H26N2O4/c1-13-5-6-16-14(11-13)15-12-21(19(25)26-20(2,3)4)9-7-17(15)22(16)10-8-18(23)24/h5-6,11H,7-10,12H2,1-4H3,(H,23,24). The van der Waals surface area contributed by atoms with Gasteiger partial charge in [-0.05, 0) is 39.8 Å². The van der Waals surface area contributed by atoms with Crippen molar-refractivity contribution in [3.8, 4) is 0 Å². The van der Waals surface area contributed by atoms with Crippen molar-refractivity contribution >= 4 is 23.0 Å². The average molecular weight is 358 g/mol. The quantitative estimate of drug-likeness (QED) is 0.908. The minimum atomic E-state index is -0.807. The molecule has 0 spiro atoms. The number of hydrogen-bond donors (Lipinski definition) is 1. The Balaban J connectivity index is 1.97. The fraction of sp³-hybridized carbons (Fsp3) is 0.500. The van der Waals surface area contributed by atoms with Crippen molar-refractivity contribution in [3.05, 3.63) is 35.0 Å². The molecular formula is C20H26N2O4. The number of aliphatic carboxylic acids is 1. The molecule has 26 heavy (non-hydrogen) atoms. The zero-order valence-corrected chi connectivity index (χ0v) is 15.8. The van der Waals surface area contributed by atoms with E-state index in [0.717, 1.165) is 27.7 Å². The summed E-state index contributed by atoms with van der Waals surface area (Å²) in [5, 5.41) is 10.2. The fourth-order valence-corrected chi connectivity index (χ4v) is 3.51. The first-order valence-corrected chi connectivity index (χ1v) is 8.96. The number of rotatable bonds is 3. The van der Waals surface area contributed by atoms with Crippen LogP contribution in [-0.2, 0) is 29.0 Å². The van der Waals surface area contributed by atoms with E-state index in [9.17, 15) is 9.59 Å². The molecule has 2 heterocycles. The highest BCUT2D eigenvalue weighted by molar-refractivity contribution is 5.87. The molecule has 0 fully saturated rings. The molecule has 6 nitrogen and oxygen atoms in total. The second-order valence-electron chi connectivity index (χ2n) is 7.89. The first kappa shape index (κ1) is 18.3. The molecule has 1 aromatic heterocycles. The van der Waals surface area contributed by atoms with Crippen LogP contribution in [-0.4, -0.2) is 38.8 Å². The minimum absolute atomic E-state index is 0.0832. The zero-order chi connectivity index (χ0) is 19.1. The Bertz CT molecular complexity index is 861. The zero-order valence-electron chi connectivity index (χ0n) is 15.8. The maximum atomic E-state index is 12.5. The van der Waals surface area contributed by atoms with Crippen molar-refractivity contribution < 1.29 is 19.4 Å². The van der Waals surface area contributed by atoms with Crippen LogP contribution >= 0.6 is 0 Å². The van der Waals surface area contributed by atoms with E-state index in [2.05, 4.69) is 10.6 Å². The molecule has 6 heteroatoms. The van der Waals surface area contributed by atoms with E-state index >= 15 is 0 Å². The highest BCUT2D eigenvalue weighted by Crippen LogP contribution is 2.32. The predicted octanol–water partition coefficient (Wildman–Crippen LogP) is 3.72. The maximum Gasteiger partial charge on any atom is 0.410 e. The number of nitrogens with zero attached hydrogens (tertiary/aromatic N) is 2. The van der Waals surface area contributed by atoms with E-state index < -0.39 is 11.6 Å². The third-order valence-electron chi connectivity index (χ3n) is 4.61. The van der Waals surface area contributed by atoms with Crippen molar-refractivity contribution in [1.29, 1.82) is 0 Å². The van der Waals surface area contributed by atoms with Gasteiger partial charge < -0.3 is 19.3 Å². The lowest BCUT2D eigenvalue weighted by Gasteiger charge is -2.30. The van der Waals surface area contributed by atoms with Crippen molar-refractivity contribution in [2.24, 2.45) is 0 Å². The molecule has 0 atom stereocenters. The van der Waals surface area contributed by atoms with Crippen LogP contribution in [0.2, 0.25) is 0 Å². The Morgan fingerprint density at radius 2 is 2.00 bits per heavy atom. The molecule has 1 aliphatic heterocycles. The molecule has 0 unspecified atom stereocenters. The van der Waals surface area contributed by atoms with Gasteiger partial charge in [-0.25, -0.2) is 4.79 Å². The van der Waals surface area contributed by atoms with Gasteiger partial charge in [0.25, 0.3) is 0 Å². The lowest BCUT2D eigenvalue weighted by Crippen LogP contribution is -2.40. The number of aromatic nitrogens is 1. The first-order valence-electron chi connectivity index (χ1n) is 8.96. The molecular weight excluding hydrogens is 332 g/mol. The van der Waals surface area contributed by atoms with Gasteiger partial charge in [-0.15, -0.1) is 0 Å². The third-order valence-corrected chi connectivity index (χ3v) is 4.61. The third kappa shape index (κ3) is 3.69. The summed E-state index contributed by atoms with van der Waals surface area (Å²) in [6.07, 6.45) is 0.476. The summed E-state index contributed by atoms with van der Waals surface area (Å²) in [6, 6.07) is 6.20. The molecule has 0 saturated heterocycles. The molecule has 140 valence electrons. The smallest absolute Gasteiger partial charge is 0.410 e. The van der Waals surface area contributed by atoms with Gasteiger partial charge in [0.2, 0.25) is 0 Å². The van der Waals surface area contributed by atoms with E-state index in [0.29, 0.717) is 26.1 Å². The molecule has 1 aromatic carbocycles. The van der Waals surface area contributed by atoms with Gasteiger partial charge in [0.1, 0.15) is 5.60 Å². The number of carbonyl (C=O) groups excluding carboxylic acids is 1. The topological polar surface area (TPSA) is 71.8 Å². The Labute approximate surface area is 153 Å². The fourth-order valence-electron chi connectivity index (χ4n) is 3.51. The highest BCUT2D eigenvalue weighted by Gasteiger charge is 2.29. The number of hydrogen-bond acceptors (Lipinski definition) is 3. The number of amides is 1. The Hall–Kier alpha value is -2.50. The second kappa shape index (κ2) is 6.67.